The van der Waals surface area contributed by atoms with Crippen molar-refractivity contribution in [1.82, 2.24) is 10.2 Å². The van der Waals surface area contributed by atoms with E-state index in [0.717, 1.165) is 12.8 Å². The number of aliphatic hydroxyl groups is 1. The van der Waals surface area contributed by atoms with E-state index >= 15 is 0 Å². The summed E-state index contributed by atoms with van der Waals surface area (Å²) in [4.78, 5) is 24.1. The number of aromatic carboxylic acids is 1. The third kappa shape index (κ3) is 3.47. The maximum absolute atomic E-state index is 11.9. The van der Waals surface area contributed by atoms with Crippen LogP contribution in [0.15, 0.2) is 16.5 Å². The monoisotopic (exact) mass is 268 g/mol. The summed E-state index contributed by atoms with van der Waals surface area (Å²) >= 11 is 0. The number of nitrogens with one attached hydrogen (secondary N) is 1. The lowest BCUT2D eigenvalue weighted by Crippen LogP contribution is -2.42. The van der Waals surface area contributed by atoms with Crippen molar-refractivity contribution in [2.75, 3.05) is 13.2 Å². The Kier molecular flexibility index (Phi) is 4.06. The van der Waals surface area contributed by atoms with Crippen LogP contribution >= 0.6 is 0 Å². The van der Waals surface area contributed by atoms with Crippen LogP contribution in [0.3, 0.4) is 0 Å². The van der Waals surface area contributed by atoms with Crippen molar-refractivity contribution in [3.8, 4) is 0 Å². The van der Waals surface area contributed by atoms with Gasteiger partial charge in [0.15, 0.2) is 0 Å². The molecule has 2 amide bonds. The van der Waals surface area contributed by atoms with Crippen molar-refractivity contribution in [3.05, 3.63) is 23.7 Å². The standard InChI is InChI=1S/C12H16N2O5/c15-6-5-14(8-1-2-8)12(18)13-7-9-3-4-10(19-9)11(16)17/h3-4,8,15H,1-2,5-7H2,(H,13,18)(H,16,17). The second-order valence-electron chi connectivity index (χ2n) is 4.38. The minimum Gasteiger partial charge on any atom is -0.475 e. The van der Waals surface area contributed by atoms with Crippen LogP contribution in [0.25, 0.3) is 0 Å². The Hall–Kier alpha value is -2.02. The van der Waals surface area contributed by atoms with Crippen molar-refractivity contribution in [1.29, 1.82) is 0 Å². The van der Waals surface area contributed by atoms with Gasteiger partial charge in [-0.2, -0.15) is 0 Å². The summed E-state index contributed by atoms with van der Waals surface area (Å²) in [6, 6.07) is 2.79. The van der Waals surface area contributed by atoms with E-state index in [1.807, 2.05) is 0 Å². The van der Waals surface area contributed by atoms with Crippen molar-refractivity contribution in [2.24, 2.45) is 0 Å². The number of rotatable bonds is 6. The molecule has 1 aromatic heterocycles. The zero-order chi connectivity index (χ0) is 13.8. The number of hydrogen-bond donors (Lipinski definition) is 3. The van der Waals surface area contributed by atoms with Gasteiger partial charge in [-0.3, -0.25) is 0 Å². The largest absolute Gasteiger partial charge is 0.475 e. The first kappa shape index (κ1) is 13.4. The van der Waals surface area contributed by atoms with Gasteiger partial charge in [-0.25, -0.2) is 9.59 Å². The van der Waals surface area contributed by atoms with Crippen LogP contribution in [0.2, 0.25) is 0 Å². The highest BCUT2D eigenvalue weighted by atomic mass is 16.4. The van der Waals surface area contributed by atoms with Crippen LogP contribution in [0, 0.1) is 0 Å². The predicted molar refractivity (Wildman–Crippen MR) is 64.7 cm³/mol. The molecular weight excluding hydrogens is 252 g/mol. The molecule has 104 valence electrons. The van der Waals surface area contributed by atoms with Gasteiger partial charge in [-0.15, -0.1) is 0 Å². The third-order valence-electron chi connectivity index (χ3n) is 2.88. The van der Waals surface area contributed by atoms with Gasteiger partial charge in [-0.1, -0.05) is 0 Å². The van der Waals surface area contributed by atoms with Crippen molar-refractivity contribution >= 4 is 12.0 Å². The molecule has 1 aliphatic rings. The average Bonchev–Trinajstić information content (AvgIpc) is 3.10. The number of carbonyl (C=O) groups excluding carboxylic acids is 1. The first-order chi connectivity index (χ1) is 9.11. The van der Waals surface area contributed by atoms with Gasteiger partial charge in [0.1, 0.15) is 5.76 Å². The summed E-state index contributed by atoms with van der Waals surface area (Å²) < 4.78 is 5.03. The first-order valence-electron chi connectivity index (χ1n) is 6.09. The second-order valence-corrected chi connectivity index (χ2v) is 4.38. The molecule has 1 heterocycles. The highest BCUT2D eigenvalue weighted by Gasteiger charge is 2.32. The normalized spacial score (nSPS) is 14.2. The van der Waals surface area contributed by atoms with Gasteiger partial charge in [0.05, 0.1) is 13.2 Å². The molecule has 0 bridgehead atoms. The molecule has 0 aliphatic heterocycles. The number of aliphatic hydroxyl groups excluding tert-OH is 1. The Labute approximate surface area is 109 Å². The molecule has 1 aliphatic carbocycles. The Balaban J connectivity index is 1.86. The molecule has 0 saturated heterocycles. The van der Waals surface area contributed by atoms with E-state index in [1.54, 1.807) is 4.90 Å². The van der Waals surface area contributed by atoms with E-state index in [-0.39, 0.29) is 31.0 Å². The Morgan fingerprint density at radius 1 is 1.42 bits per heavy atom. The molecule has 0 radical (unpaired) electrons. The fourth-order valence-corrected chi connectivity index (χ4v) is 1.80. The van der Waals surface area contributed by atoms with E-state index < -0.39 is 5.97 Å². The van der Waals surface area contributed by atoms with Crippen molar-refractivity contribution in [2.45, 2.75) is 25.4 Å². The minimum atomic E-state index is -1.14. The molecule has 0 atom stereocenters. The number of urea groups is 1. The number of carbonyl (C=O) groups is 2. The SMILES string of the molecule is O=C(O)c1ccc(CNC(=O)N(CCO)C2CC2)o1. The fraction of sp³-hybridized carbons (Fsp3) is 0.500. The van der Waals surface area contributed by atoms with Crippen LogP contribution in [-0.4, -0.2) is 46.3 Å². The molecule has 1 saturated carbocycles. The number of furan rings is 1. The van der Waals surface area contributed by atoms with Crippen molar-refractivity contribution < 1.29 is 24.2 Å². The van der Waals surface area contributed by atoms with Gasteiger partial charge >= 0.3 is 12.0 Å². The molecule has 3 N–H and O–H groups in total. The highest BCUT2D eigenvalue weighted by Crippen LogP contribution is 2.26. The topological polar surface area (TPSA) is 103 Å². The van der Waals surface area contributed by atoms with Gasteiger partial charge in [0.25, 0.3) is 0 Å². The number of hydrogen-bond acceptors (Lipinski definition) is 4. The van der Waals surface area contributed by atoms with Crippen LogP contribution in [0.5, 0.6) is 0 Å². The van der Waals surface area contributed by atoms with E-state index in [1.165, 1.54) is 12.1 Å². The quantitative estimate of drug-likeness (QED) is 0.702. The number of carboxylic acid groups (broad SMARTS) is 1. The highest BCUT2D eigenvalue weighted by molar-refractivity contribution is 5.84. The Morgan fingerprint density at radius 3 is 2.68 bits per heavy atom. The van der Waals surface area contributed by atoms with Gasteiger partial charge in [0.2, 0.25) is 5.76 Å². The lowest BCUT2D eigenvalue weighted by Gasteiger charge is -2.21. The fourth-order valence-electron chi connectivity index (χ4n) is 1.80. The zero-order valence-corrected chi connectivity index (χ0v) is 10.3. The second kappa shape index (κ2) is 5.75. The van der Waals surface area contributed by atoms with Crippen LogP contribution in [0.4, 0.5) is 4.79 Å². The minimum absolute atomic E-state index is 0.0756. The van der Waals surface area contributed by atoms with Gasteiger partial charge in [-0.05, 0) is 25.0 Å². The summed E-state index contributed by atoms with van der Waals surface area (Å²) in [5.41, 5.74) is 0. The van der Waals surface area contributed by atoms with Crippen LogP contribution in [-0.2, 0) is 6.54 Å². The van der Waals surface area contributed by atoms with E-state index in [0.29, 0.717) is 12.3 Å². The van der Waals surface area contributed by atoms with Crippen LogP contribution < -0.4 is 5.32 Å². The molecule has 1 aromatic rings. The predicted octanol–water partition coefficient (Wildman–Crippen LogP) is 0.644. The van der Waals surface area contributed by atoms with Gasteiger partial charge in [0, 0.05) is 12.6 Å². The molecule has 7 heteroatoms. The van der Waals surface area contributed by atoms with E-state index in [9.17, 15) is 9.59 Å². The smallest absolute Gasteiger partial charge is 0.371 e. The average molecular weight is 268 g/mol. The summed E-state index contributed by atoms with van der Waals surface area (Å²) in [6.07, 6.45) is 1.91. The summed E-state index contributed by atoms with van der Waals surface area (Å²) in [7, 11) is 0. The molecule has 0 spiro atoms. The molecule has 2 rings (SSSR count). The third-order valence-corrected chi connectivity index (χ3v) is 2.88. The lowest BCUT2D eigenvalue weighted by molar-refractivity contribution is 0.0660. The van der Waals surface area contributed by atoms with E-state index in [2.05, 4.69) is 5.32 Å². The molecular formula is C12H16N2O5. The van der Waals surface area contributed by atoms with E-state index in [4.69, 9.17) is 14.6 Å². The van der Waals surface area contributed by atoms with Crippen LogP contribution in [0.1, 0.15) is 29.2 Å². The van der Waals surface area contributed by atoms with Crippen molar-refractivity contribution in [3.63, 3.8) is 0 Å². The molecule has 0 aromatic carbocycles. The maximum Gasteiger partial charge on any atom is 0.371 e. The number of nitrogens with zero attached hydrogens (tertiary/aromatic N) is 1. The molecule has 1 fully saturated rings. The molecule has 7 nitrogen and oxygen atoms in total. The number of amides is 2. The summed E-state index contributed by atoms with van der Waals surface area (Å²) in [5, 5.41) is 20.3. The zero-order valence-electron chi connectivity index (χ0n) is 10.3. The Morgan fingerprint density at radius 2 is 2.16 bits per heavy atom. The lowest BCUT2D eigenvalue weighted by atomic mass is 10.4. The van der Waals surface area contributed by atoms with Gasteiger partial charge < -0.3 is 24.8 Å². The maximum atomic E-state index is 11.9. The molecule has 0 unspecified atom stereocenters. The summed E-state index contributed by atoms with van der Waals surface area (Å²) in [5.74, 6) is -0.915. The Bertz CT molecular complexity index is 466. The summed E-state index contributed by atoms with van der Waals surface area (Å²) in [6.45, 7) is 0.351. The number of carboxylic acids is 1. The first-order valence-corrected chi connectivity index (χ1v) is 6.09. The molecule has 19 heavy (non-hydrogen) atoms.